The van der Waals surface area contributed by atoms with Gasteiger partial charge < -0.3 is 19.7 Å². The third kappa shape index (κ3) is 5.92. The Bertz CT molecular complexity index is 546. The van der Waals surface area contributed by atoms with Crippen LogP contribution in [0.4, 0.5) is 23.7 Å². The Labute approximate surface area is 138 Å². The first-order valence-electron chi connectivity index (χ1n) is 7.84. The second-order valence-corrected chi connectivity index (χ2v) is 5.54. The SMILES string of the molecule is CCN(C[C@@H]1CCCO1)C(=O)Nc1cccc(OCC(F)(F)F)c1. The smallest absolute Gasteiger partial charge is 0.422 e. The predicted molar refractivity (Wildman–Crippen MR) is 83.2 cm³/mol. The zero-order valence-electron chi connectivity index (χ0n) is 13.4. The fourth-order valence-electron chi connectivity index (χ4n) is 2.42. The predicted octanol–water partition coefficient (Wildman–Crippen LogP) is 3.66. The standard InChI is InChI=1S/C16H21F3N2O3/c1-2-21(10-14-7-4-8-23-14)15(22)20-12-5-3-6-13(9-12)24-11-16(17,18)19/h3,5-6,9,14H,2,4,7-8,10-11H2,1H3,(H,20,22)/t14-/m0/s1. The molecule has 1 saturated heterocycles. The molecule has 0 aliphatic carbocycles. The molecule has 2 amide bonds. The van der Waals surface area contributed by atoms with E-state index in [0.717, 1.165) is 12.8 Å². The second-order valence-electron chi connectivity index (χ2n) is 5.54. The summed E-state index contributed by atoms with van der Waals surface area (Å²) in [5.74, 6) is 0.0484. The molecule has 1 atom stereocenters. The van der Waals surface area contributed by atoms with Gasteiger partial charge in [-0.2, -0.15) is 13.2 Å². The number of carbonyl (C=O) groups is 1. The highest BCUT2D eigenvalue weighted by atomic mass is 19.4. The van der Waals surface area contributed by atoms with E-state index in [1.807, 2.05) is 6.92 Å². The monoisotopic (exact) mass is 346 g/mol. The number of halogens is 3. The van der Waals surface area contributed by atoms with Crippen LogP contribution in [0.2, 0.25) is 0 Å². The van der Waals surface area contributed by atoms with Gasteiger partial charge in [-0.05, 0) is 31.9 Å². The van der Waals surface area contributed by atoms with Gasteiger partial charge in [-0.25, -0.2) is 4.79 Å². The molecule has 24 heavy (non-hydrogen) atoms. The van der Waals surface area contributed by atoms with E-state index in [2.05, 4.69) is 10.1 Å². The Morgan fingerprint density at radius 1 is 1.46 bits per heavy atom. The molecule has 1 fully saturated rings. The summed E-state index contributed by atoms with van der Waals surface area (Å²) >= 11 is 0. The molecule has 1 heterocycles. The van der Waals surface area contributed by atoms with E-state index in [-0.39, 0.29) is 17.9 Å². The number of urea groups is 1. The van der Waals surface area contributed by atoms with Crippen molar-refractivity contribution < 1.29 is 27.4 Å². The normalized spacial score (nSPS) is 17.6. The molecule has 1 aromatic rings. The summed E-state index contributed by atoms with van der Waals surface area (Å²) < 4.78 is 46.7. The van der Waals surface area contributed by atoms with Crippen LogP contribution in [0.5, 0.6) is 5.75 Å². The molecule has 0 unspecified atom stereocenters. The fourth-order valence-corrected chi connectivity index (χ4v) is 2.42. The van der Waals surface area contributed by atoms with Crippen LogP contribution in [0, 0.1) is 0 Å². The maximum absolute atomic E-state index is 12.3. The Morgan fingerprint density at radius 3 is 2.88 bits per heavy atom. The highest BCUT2D eigenvalue weighted by molar-refractivity contribution is 5.89. The Balaban J connectivity index is 1.92. The molecule has 5 nitrogen and oxygen atoms in total. The third-order valence-electron chi connectivity index (χ3n) is 3.60. The van der Waals surface area contributed by atoms with Gasteiger partial charge in [-0.1, -0.05) is 6.07 Å². The molecule has 1 aliphatic heterocycles. The van der Waals surface area contributed by atoms with Crippen molar-refractivity contribution in [2.45, 2.75) is 32.0 Å². The van der Waals surface area contributed by atoms with Gasteiger partial charge in [0.05, 0.1) is 6.10 Å². The highest BCUT2D eigenvalue weighted by Gasteiger charge is 2.28. The van der Waals surface area contributed by atoms with E-state index in [1.165, 1.54) is 18.2 Å². The second kappa shape index (κ2) is 8.23. The Kier molecular flexibility index (Phi) is 6.30. The molecule has 1 aliphatic rings. The molecular formula is C16H21F3N2O3. The van der Waals surface area contributed by atoms with E-state index in [1.54, 1.807) is 11.0 Å². The van der Waals surface area contributed by atoms with E-state index in [4.69, 9.17) is 4.74 Å². The van der Waals surface area contributed by atoms with Crippen molar-refractivity contribution in [3.63, 3.8) is 0 Å². The van der Waals surface area contributed by atoms with Crippen LogP contribution in [-0.2, 0) is 4.74 Å². The van der Waals surface area contributed by atoms with Crippen molar-refractivity contribution in [2.75, 3.05) is 31.6 Å². The molecule has 2 rings (SSSR count). The molecule has 1 aromatic carbocycles. The number of hydrogen-bond donors (Lipinski definition) is 1. The maximum atomic E-state index is 12.3. The average molecular weight is 346 g/mol. The van der Waals surface area contributed by atoms with Crippen LogP contribution < -0.4 is 10.1 Å². The molecule has 8 heteroatoms. The number of nitrogens with one attached hydrogen (secondary N) is 1. The zero-order chi connectivity index (χ0) is 17.6. The summed E-state index contributed by atoms with van der Waals surface area (Å²) in [6.07, 6.45) is -2.45. The number of ether oxygens (including phenoxy) is 2. The van der Waals surface area contributed by atoms with E-state index < -0.39 is 12.8 Å². The number of hydrogen-bond acceptors (Lipinski definition) is 3. The maximum Gasteiger partial charge on any atom is 0.422 e. The third-order valence-corrected chi connectivity index (χ3v) is 3.60. The van der Waals surface area contributed by atoms with Crippen molar-refractivity contribution in [3.8, 4) is 5.75 Å². The van der Waals surface area contributed by atoms with Crippen molar-refractivity contribution in [1.29, 1.82) is 0 Å². The minimum absolute atomic E-state index is 0.0390. The van der Waals surface area contributed by atoms with Crippen molar-refractivity contribution >= 4 is 11.7 Å². The molecule has 0 spiro atoms. The van der Waals surface area contributed by atoms with Gasteiger partial charge in [0.2, 0.25) is 0 Å². The summed E-state index contributed by atoms with van der Waals surface area (Å²) in [5.41, 5.74) is 0.380. The minimum atomic E-state index is -4.40. The van der Waals surface area contributed by atoms with Crippen LogP contribution in [0.15, 0.2) is 24.3 Å². The van der Waals surface area contributed by atoms with E-state index >= 15 is 0 Å². The van der Waals surface area contributed by atoms with Gasteiger partial charge in [0.15, 0.2) is 6.61 Å². The number of alkyl halides is 3. The molecule has 0 bridgehead atoms. The molecule has 134 valence electrons. The lowest BCUT2D eigenvalue weighted by Gasteiger charge is -2.24. The Hall–Kier alpha value is -1.96. The van der Waals surface area contributed by atoms with Crippen LogP contribution in [-0.4, -0.2) is 49.5 Å². The van der Waals surface area contributed by atoms with Gasteiger partial charge in [0.25, 0.3) is 0 Å². The quantitative estimate of drug-likeness (QED) is 0.855. The summed E-state index contributed by atoms with van der Waals surface area (Å²) in [4.78, 5) is 13.9. The Morgan fingerprint density at radius 2 is 2.25 bits per heavy atom. The number of carbonyl (C=O) groups excluding carboxylic acids is 1. The molecule has 0 radical (unpaired) electrons. The number of anilines is 1. The average Bonchev–Trinajstić information content (AvgIpc) is 3.03. The molecule has 0 saturated carbocycles. The lowest BCUT2D eigenvalue weighted by molar-refractivity contribution is -0.153. The lowest BCUT2D eigenvalue weighted by Crippen LogP contribution is -2.39. The van der Waals surface area contributed by atoms with Gasteiger partial charge in [-0.15, -0.1) is 0 Å². The first-order valence-corrected chi connectivity index (χ1v) is 7.84. The largest absolute Gasteiger partial charge is 0.484 e. The molecular weight excluding hydrogens is 325 g/mol. The first-order chi connectivity index (χ1) is 11.4. The van der Waals surface area contributed by atoms with Gasteiger partial charge in [-0.3, -0.25) is 0 Å². The van der Waals surface area contributed by atoms with Crippen LogP contribution >= 0.6 is 0 Å². The number of amides is 2. The van der Waals surface area contributed by atoms with Gasteiger partial charge in [0.1, 0.15) is 5.75 Å². The minimum Gasteiger partial charge on any atom is -0.484 e. The first kappa shape index (κ1) is 18.4. The van der Waals surface area contributed by atoms with Crippen LogP contribution in [0.3, 0.4) is 0 Å². The summed E-state index contributed by atoms with van der Waals surface area (Å²) in [6, 6.07) is 5.58. The zero-order valence-corrected chi connectivity index (χ0v) is 13.4. The van der Waals surface area contributed by atoms with E-state index in [9.17, 15) is 18.0 Å². The topological polar surface area (TPSA) is 50.8 Å². The highest BCUT2D eigenvalue weighted by Crippen LogP contribution is 2.22. The van der Waals surface area contributed by atoms with Crippen LogP contribution in [0.25, 0.3) is 0 Å². The van der Waals surface area contributed by atoms with Gasteiger partial charge >= 0.3 is 12.2 Å². The lowest BCUT2D eigenvalue weighted by atomic mass is 10.2. The van der Waals surface area contributed by atoms with Crippen LogP contribution in [0.1, 0.15) is 19.8 Å². The van der Waals surface area contributed by atoms with Gasteiger partial charge in [0, 0.05) is 31.5 Å². The summed E-state index contributed by atoms with van der Waals surface area (Å²) in [5, 5.41) is 2.67. The van der Waals surface area contributed by atoms with Crippen molar-refractivity contribution in [3.05, 3.63) is 24.3 Å². The van der Waals surface area contributed by atoms with E-state index in [0.29, 0.717) is 25.4 Å². The molecule has 1 N–H and O–H groups in total. The fraction of sp³-hybridized carbons (Fsp3) is 0.562. The summed E-state index contributed by atoms with van der Waals surface area (Å²) in [7, 11) is 0. The summed E-state index contributed by atoms with van der Waals surface area (Å²) in [6.45, 7) is 2.20. The molecule has 0 aromatic heterocycles. The number of benzene rings is 1. The van der Waals surface area contributed by atoms with Crippen molar-refractivity contribution in [2.24, 2.45) is 0 Å². The van der Waals surface area contributed by atoms with Crippen molar-refractivity contribution in [1.82, 2.24) is 4.90 Å². The number of rotatable bonds is 6. The number of likely N-dealkylation sites (N-methyl/N-ethyl adjacent to an activating group) is 1. The number of nitrogens with zero attached hydrogens (tertiary/aromatic N) is 1.